The molecule has 134 valence electrons. The molecule has 3 N–H and O–H groups in total. The highest BCUT2D eigenvalue weighted by Crippen LogP contribution is 2.31. The van der Waals surface area contributed by atoms with Crippen molar-refractivity contribution in [3.63, 3.8) is 0 Å². The van der Waals surface area contributed by atoms with Crippen LogP contribution in [0.5, 0.6) is 5.75 Å². The number of nitrogens with one attached hydrogen (secondary N) is 1. The van der Waals surface area contributed by atoms with Gasteiger partial charge in [-0.2, -0.15) is 0 Å². The zero-order valence-electron chi connectivity index (χ0n) is 13.8. The molecule has 1 aliphatic carbocycles. The summed E-state index contributed by atoms with van der Waals surface area (Å²) in [5.41, 5.74) is 9.03. The Labute approximate surface area is 159 Å². The van der Waals surface area contributed by atoms with Crippen molar-refractivity contribution < 1.29 is 9.53 Å². The van der Waals surface area contributed by atoms with Gasteiger partial charge in [-0.05, 0) is 54.7 Å². The van der Waals surface area contributed by atoms with Crippen molar-refractivity contribution in [3.8, 4) is 5.75 Å². The molecule has 0 aliphatic heterocycles. The lowest BCUT2D eigenvalue weighted by atomic mass is 9.87. The molecule has 0 bridgehead atoms. The van der Waals surface area contributed by atoms with Crippen LogP contribution in [-0.2, 0) is 11.2 Å². The Morgan fingerprint density at radius 1 is 1.28 bits per heavy atom. The van der Waals surface area contributed by atoms with Crippen LogP contribution in [0, 0.1) is 0 Å². The molecule has 2 aromatic rings. The van der Waals surface area contributed by atoms with Gasteiger partial charge in [-0.15, -0.1) is 12.4 Å². The second-order valence-electron chi connectivity index (χ2n) is 6.00. The number of hydrogen-bond donors (Lipinski definition) is 2. The summed E-state index contributed by atoms with van der Waals surface area (Å²) < 4.78 is 5.57. The second kappa shape index (κ2) is 8.97. The quantitative estimate of drug-likeness (QED) is 0.759. The number of anilines is 1. The second-order valence-corrected chi connectivity index (χ2v) is 6.41. The highest BCUT2D eigenvalue weighted by atomic mass is 35.5. The van der Waals surface area contributed by atoms with Crippen LogP contribution < -0.4 is 15.8 Å². The molecule has 4 nitrogen and oxygen atoms in total. The molecule has 0 saturated carbocycles. The zero-order chi connectivity index (χ0) is 16.9. The molecule has 0 spiro atoms. The van der Waals surface area contributed by atoms with Crippen molar-refractivity contribution in [1.82, 2.24) is 5.32 Å². The van der Waals surface area contributed by atoms with Crippen LogP contribution >= 0.6 is 24.0 Å². The molecule has 3 rings (SSSR count). The summed E-state index contributed by atoms with van der Waals surface area (Å²) in [7, 11) is 0. The zero-order valence-corrected chi connectivity index (χ0v) is 15.4. The third kappa shape index (κ3) is 5.03. The smallest absolute Gasteiger partial charge is 0.223 e. The maximum atomic E-state index is 12.2. The number of amides is 1. The van der Waals surface area contributed by atoms with Gasteiger partial charge in [0.15, 0.2) is 0 Å². The minimum atomic E-state index is -0.0169. The predicted octanol–water partition coefficient (Wildman–Crippen LogP) is 4.31. The SMILES string of the molecule is Cl.Nc1ccc2c(c1)CCCC2NC(=O)CCOc1ccccc1Cl. The van der Waals surface area contributed by atoms with E-state index in [1.165, 1.54) is 11.1 Å². The standard InChI is InChI=1S/C19H21ClN2O2.ClH/c20-16-5-1-2-7-18(16)24-11-10-19(23)22-17-6-3-4-13-12-14(21)8-9-15(13)17;/h1-2,5,7-9,12,17H,3-4,6,10-11,21H2,(H,22,23);1H. The van der Waals surface area contributed by atoms with Gasteiger partial charge in [-0.1, -0.05) is 29.8 Å². The lowest BCUT2D eigenvalue weighted by molar-refractivity contribution is -0.122. The number of rotatable bonds is 5. The Bertz CT molecular complexity index is 737. The van der Waals surface area contributed by atoms with Crippen molar-refractivity contribution in [2.75, 3.05) is 12.3 Å². The first-order valence-corrected chi connectivity index (χ1v) is 8.56. The van der Waals surface area contributed by atoms with Crippen molar-refractivity contribution in [2.45, 2.75) is 31.7 Å². The number of carbonyl (C=O) groups excluding carboxylic acids is 1. The number of fused-ring (bicyclic) bond motifs is 1. The van der Waals surface area contributed by atoms with Crippen LogP contribution in [0.2, 0.25) is 5.02 Å². The number of ether oxygens (including phenoxy) is 1. The molecular weight excluding hydrogens is 359 g/mol. The van der Waals surface area contributed by atoms with Crippen LogP contribution in [0.15, 0.2) is 42.5 Å². The van der Waals surface area contributed by atoms with E-state index in [1.807, 2.05) is 30.3 Å². The molecule has 6 heteroatoms. The Kier molecular flexibility index (Phi) is 6.97. The van der Waals surface area contributed by atoms with E-state index in [0.29, 0.717) is 23.8 Å². The van der Waals surface area contributed by atoms with E-state index in [0.717, 1.165) is 24.9 Å². The third-order valence-electron chi connectivity index (χ3n) is 4.24. The highest BCUT2D eigenvalue weighted by Gasteiger charge is 2.21. The van der Waals surface area contributed by atoms with Crippen LogP contribution in [0.1, 0.15) is 36.4 Å². The summed E-state index contributed by atoms with van der Waals surface area (Å²) in [4.78, 5) is 12.2. The van der Waals surface area contributed by atoms with Crippen LogP contribution in [0.25, 0.3) is 0 Å². The molecule has 2 aromatic carbocycles. The van der Waals surface area contributed by atoms with Gasteiger partial charge < -0.3 is 15.8 Å². The van der Waals surface area contributed by atoms with Crippen LogP contribution in [-0.4, -0.2) is 12.5 Å². The first-order valence-electron chi connectivity index (χ1n) is 8.18. The van der Waals surface area contributed by atoms with E-state index in [-0.39, 0.29) is 24.4 Å². The number of aryl methyl sites for hydroxylation is 1. The number of nitrogens with two attached hydrogens (primary N) is 1. The van der Waals surface area contributed by atoms with Crippen molar-refractivity contribution in [1.29, 1.82) is 0 Å². The van der Waals surface area contributed by atoms with E-state index >= 15 is 0 Å². The molecule has 1 amide bonds. The van der Waals surface area contributed by atoms with E-state index in [2.05, 4.69) is 5.32 Å². The minimum absolute atomic E-state index is 0. The molecule has 1 aliphatic rings. The molecule has 1 unspecified atom stereocenters. The molecule has 0 radical (unpaired) electrons. The Morgan fingerprint density at radius 3 is 2.88 bits per heavy atom. The van der Waals surface area contributed by atoms with Gasteiger partial charge in [-0.3, -0.25) is 4.79 Å². The van der Waals surface area contributed by atoms with Gasteiger partial charge in [0.05, 0.1) is 24.1 Å². The molecule has 0 fully saturated rings. The average molecular weight is 381 g/mol. The van der Waals surface area contributed by atoms with Crippen LogP contribution in [0.3, 0.4) is 0 Å². The van der Waals surface area contributed by atoms with Gasteiger partial charge in [0.2, 0.25) is 5.91 Å². The van der Waals surface area contributed by atoms with Gasteiger partial charge in [0.25, 0.3) is 0 Å². The lowest BCUT2D eigenvalue weighted by Gasteiger charge is -2.26. The summed E-state index contributed by atoms with van der Waals surface area (Å²) in [6, 6.07) is 13.2. The highest BCUT2D eigenvalue weighted by molar-refractivity contribution is 6.32. The lowest BCUT2D eigenvalue weighted by Crippen LogP contribution is -2.31. The number of carbonyl (C=O) groups is 1. The average Bonchev–Trinajstić information content (AvgIpc) is 2.56. The molecular formula is C19H22Cl2N2O2. The normalized spacial score (nSPS) is 15.6. The van der Waals surface area contributed by atoms with E-state index in [1.54, 1.807) is 12.1 Å². The monoisotopic (exact) mass is 380 g/mol. The number of nitrogen functional groups attached to an aromatic ring is 1. The molecule has 0 heterocycles. The summed E-state index contributed by atoms with van der Waals surface area (Å²) >= 11 is 6.03. The first kappa shape index (κ1) is 19.4. The topological polar surface area (TPSA) is 64.3 Å². The van der Waals surface area contributed by atoms with Crippen molar-refractivity contribution in [2.24, 2.45) is 0 Å². The minimum Gasteiger partial charge on any atom is -0.491 e. The van der Waals surface area contributed by atoms with Crippen LogP contribution in [0.4, 0.5) is 5.69 Å². The van der Waals surface area contributed by atoms with Crippen molar-refractivity contribution in [3.05, 3.63) is 58.6 Å². The first-order chi connectivity index (χ1) is 11.6. The fourth-order valence-corrected chi connectivity index (χ4v) is 3.26. The number of para-hydroxylation sites is 1. The maximum absolute atomic E-state index is 12.2. The summed E-state index contributed by atoms with van der Waals surface area (Å²) in [6.07, 6.45) is 3.32. The molecule has 0 saturated heterocycles. The number of hydrogen-bond acceptors (Lipinski definition) is 3. The Morgan fingerprint density at radius 2 is 2.08 bits per heavy atom. The predicted molar refractivity (Wildman–Crippen MR) is 103 cm³/mol. The summed E-state index contributed by atoms with van der Waals surface area (Å²) in [5, 5.41) is 3.66. The van der Waals surface area contributed by atoms with Gasteiger partial charge >= 0.3 is 0 Å². The molecule has 25 heavy (non-hydrogen) atoms. The van der Waals surface area contributed by atoms with E-state index in [4.69, 9.17) is 22.1 Å². The fraction of sp³-hybridized carbons (Fsp3) is 0.316. The van der Waals surface area contributed by atoms with Gasteiger partial charge in [0, 0.05) is 5.69 Å². The maximum Gasteiger partial charge on any atom is 0.223 e. The molecule has 0 aromatic heterocycles. The third-order valence-corrected chi connectivity index (χ3v) is 4.55. The van der Waals surface area contributed by atoms with E-state index in [9.17, 15) is 4.79 Å². The van der Waals surface area contributed by atoms with Gasteiger partial charge in [0.1, 0.15) is 5.75 Å². The largest absolute Gasteiger partial charge is 0.491 e. The Hall–Kier alpha value is -1.91. The summed E-state index contributed by atoms with van der Waals surface area (Å²) in [5.74, 6) is 0.585. The Balaban J connectivity index is 0.00000225. The molecule has 1 atom stereocenters. The number of halogens is 2. The summed E-state index contributed by atoms with van der Waals surface area (Å²) in [6.45, 7) is 0.302. The number of benzene rings is 2. The van der Waals surface area contributed by atoms with E-state index < -0.39 is 0 Å². The van der Waals surface area contributed by atoms with Gasteiger partial charge in [-0.25, -0.2) is 0 Å². The van der Waals surface area contributed by atoms with Crippen molar-refractivity contribution >= 4 is 35.6 Å². The fourth-order valence-electron chi connectivity index (χ4n) is 3.07.